The van der Waals surface area contributed by atoms with Crippen molar-refractivity contribution >= 4 is 11.7 Å². The van der Waals surface area contributed by atoms with Crippen molar-refractivity contribution in [3.05, 3.63) is 95.8 Å². The molecular formula is C25H22N4O2. The Balaban J connectivity index is 1.56. The highest BCUT2D eigenvalue weighted by molar-refractivity contribution is 5.97. The van der Waals surface area contributed by atoms with Crippen LogP contribution in [0.4, 0.5) is 5.95 Å². The van der Waals surface area contributed by atoms with Crippen molar-refractivity contribution in [1.29, 1.82) is 0 Å². The fourth-order valence-electron chi connectivity index (χ4n) is 3.25. The predicted octanol–water partition coefficient (Wildman–Crippen LogP) is 5.11. The van der Waals surface area contributed by atoms with Gasteiger partial charge in [-0.25, -0.2) is 15.0 Å². The number of benzene rings is 2. The molecule has 2 aromatic heterocycles. The second kappa shape index (κ2) is 9.17. The Labute approximate surface area is 181 Å². The van der Waals surface area contributed by atoms with Gasteiger partial charge in [-0.2, -0.15) is 0 Å². The van der Waals surface area contributed by atoms with E-state index in [1.165, 1.54) is 0 Å². The van der Waals surface area contributed by atoms with Crippen molar-refractivity contribution in [2.75, 3.05) is 12.4 Å². The van der Waals surface area contributed by atoms with Gasteiger partial charge in [0.05, 0.1) is 11.3 Å². The third kappa shape index (κ3) is 4.75. The molecule has 0 radical (unpaired) electrons. The van der Waals surface area contributed by atoms with E-state index in [1.807, 2.05) is 73.7 Å². The van der Waals surface area contributed by atoms with Gasteiger partial charge in [0.1, 0.15) is 5.75 Å². The van der Waals surface area contributed by atoms with E-state index in [9.17, 15) is 4.79 Å². The van der Waals surface area contributed by atoms with E-state index in [0.717, 1.165) is 16.7 Å². The molecule has 6 nitrogen and oxygen atoms in total. The average molecular weight is 410 g/mol. The van der Waals surface area contributed by atoms with Crippen LogP contribution >= 0.6 is 0 Å². The lowest BCUT2D eigenvalue weighted by atomic mass is 10.0. The van der Waals surface area contributed by atoms with Crippen molar-refractivity contribution in [1.82, 2.24) is 15.0 Å². The topological polar surface area (TPSA) is 77.0 Å². The molecule has 154 valence electrons. The Bertz CT molecular complexity index is 1210. The van der Waals surface area contributed by atoms with Gasteiger partial charge in [0, 0.05) is 31.4 Å². The number of aromatic nitrogens is 3. The van der Waals surface area contributed by atoms with Gasteiger partial charge in [-0.05, 0) is 42.3 Å². The Kier molecular flexibility index (Phi) is 5.98. The fourth-order valence-corrected chi connectivity index (χ4v) is 3.25. The summed E-state index contributed by atoms with van der Waals surface area (Å²) >= 11 is 0. The Morgan fingerprint density at radius 3 is 2.58 bits per heavy atom. The van der Waals surface area contributed by atoms with Crippen LogP contribution in [0.2, 0.25) is 0 Å². The summed E-state index contributed by atoms with van der Waals surface area (Å²) in [6.45, 7) is 1.96. The Morgan fingerprint density at radius 2 is 1.81 bits per heavy atom. The number of hydrogen-bond donors (Lipinski definition) is 1. The second-order valence-corrected chi connectivity index (χ2v) is 7.04. The number of ketones is 1. The third-order valence-electron chi connectivity index (χ3n) is 4.83. The zero-order chi connectivity index (χ0) is 21.6. The zero-order valence-corrected chi connectivity index (χ0v) is 17.4. The molecule has 0 saturated carbocycles. The number of ether oxygens (including phenoxy) is 1. The van der Waals surface area contributed by atoms with Crippen molar-refractivity contribution in [3.8, 4) is 22.9 Å². The van der Waals surface area contributed by atoms with E-state index < -0.39 is 0 Å². The minimum Gasteiger partial charge on any atom is -0.438 e. The summed E-state index contributed by atoms with van der Waals surface area (Å²) in [5.41, 5.74) is 4.06. The fraction of sp³-hybridized carbons (Fsp3) is 0.120. The second-order valence-electron chi connectivity index (χ2n) is 7.04. The van der Waals surface area contributed by atoms with Crippen LogP contribution in [0, 0.1) is 6.92 Å². The first kappa shape index (κ1) is 20.2. The van der Waals surface area contributed by atoms with Crippen molar-refractivity contribution < 1.29 is 9.53 Å². The molecule has 6 heteroatoms. The molecule has 0 unspecified atom stereocenters. The summed E-state index contributed by atoms with van der Waals surface area (Å²) in [5, 5.41) is 2.94. The molecule has 4 rings (SSSR count). The molecular weight excluding hydrogens is 388 g/mol. The lowest BCUT2D eigenvalue weighted by Crippen LogP contribution is -2.03. The molecule has 0 atom stereocenters. The monoisotopic (exact) mass is 410 g/mol. The molecule has 31 heavy (non-hydrogen) atoms. The van der Waals surface area contributed by atoms with E-state index in [4.69, 9.17) is 4.74 Å². The van der Waals surface area contributed by atoms with E-state index in [-0.39, 0.29) is 5.78 Å². The minimum atomic E-state index is 0.0878. The Morgan fingerprint density at radius 1 is 0.968 bits per heavy atom. The standard InChI is InChI=1S/C25H22N4O2/c1-17-15-18(16-22(30)19-7-4-3-5-8-19)10-11-23(17)31-24-20(9-6-13-27-24)21-12-14-28-25(26-2)29-21/h3-15H,16H2,1-2H3,(H,26,28,29). The van der Waals surface area contributed by atoms with Crippen LogP contribution < -0.4 is 10.1 Å². The average Bonchev–Trinajstić information content (AvgIpc) is 2.82. The van der Waals surface area contributed by atoms with Crippen LogP contribution in [-0.2, 0) is 6.42 Å². The molecule has 0 aliphatic carbocycles. The van der Waals surface area contributed by atoms with Gasteiger partial charge < -0.3 is 10.1 Å². The van der Waals surface area contributed by atoms with Crippen LogP contribution in [-0.4, -0.2) is 27.8 Å². The van der Waals surface area contributed by atoms with Crippen LogP contribution in [0.5, 0.6) is 11.6 Å². The molecule has 0 spiro atoms. The van der Waals surface area contributed by atoms with E-state index in [0.29, 0.717) is 35.3 Å². The molecule has 0 amide bonds. The number of carbonyl (C=O) groups is 1. The number of pyridine rings is 1. The smallest absolute Gasteiger partial charge is 0.228 e. The molecule has 2 aromatic carbocycles. The molecule has 0 aliphatic rings. The first-order valence-corrected chi connectivity index (χ1v) is 9.96. The maximum atomic E-state index is 12.5. The number of hydrogen-bond acceptors (Lipinski definition) is 6. The van der Waals surface area contributed by atoms with Gasteiger partial charge in [-0.15, -0.1) is 0 Å². The van der Waals surface area contributed by atoms with Crippen LogP contribution in [0.3, 0.4) is 0 Å². The first-order chi connectivity index (χ1) is 15.1. The summed E-state index contributed by atoms with van der Waals surface area (Å²) in [4.78, 5) is 25.5. The summed E-state index contributed by atoms with van der Waals surface area (Å²) in [5.74, 6) is 1.75. The lowest BCUT2D eigenvalue weighted by molar-refractivity contribution is 0.0993. The van der Waals surface area contributed by atoms with E-state index >= 15 is 0 Å². The lowest BCUT2D eigenvalue weighted by Gasteiger charge is -2.13. The van der Waals surface area contributed by atoms with Crippen molar-refractivity contribution in [2.24, 2.45) is 0 Å². The number of anilines is 1. The van der Waals surface area contributed by atoms with Crippen molar-refractivity contribution in [2.45, 2.75) is 13.3 Å². The predicted molar refractivity (Wildman–Crippen MR) is 121 cm³/mol. The number of nitrogens with one attached hydrogen (secondary N) is 1. The largest absolute Gasteiger partial charge is 0.438 e. The van der Waals surface area contributed by atoms with E-state index in [1.54, 1.807) is 19.4 Å². The number of carbonyl (C=O) groups excluding carboxylic acids is 1. The summed E-state index contributed by atoms with van der Waals surface area (Å²) in [6.07, 6.45) is 3.71. The molecule has 0 aliphatic heterocycles. The summed E-state index contributed by atoms with van der Waals surface area (Å²) in [7, 11) is 1.77. The normalized spacial score (nSPS) is 10.5. The summed E-state index contributed by atoms with van der Waals surface area (Å²) in [6, 6.07) is 20.6. The number of aryl methyl sites for hydroxylation is 1. The molecule has 4 aromatic rings. The van der Waals surface area contributed by atoms with Crippen LogP contribution in [0.1, 0.15) is 21.5 Å². The number of rotatable bonds is 7. The van der Waals surface area contributed by atoms with Gasteiger partial charge in [0.15, 0.2) is 5.78 Å². The van der Waals surface area contributed by atoms with Gasteiger partial charge in [-0.3, -0.25) is 4.79 Å². The summed E-state index contributed by atoms with van der Waals surface area (Å²) < 4.78 is 6.14. The quantitative estimate of drug-likeness (QED) is 0.427. The SMILES string of the molecule is CNc1nccc(-c2cccnc2Oc2ccc(CC(=O)c3ccccc3)cc2C)n1. The maximum Gasteiger partial charge on any atom is 0.228 e. The van der Waals surface area contributed by atoms with Crippen LogP contribution in [0.25, 0.3) is 11.3 Å². The van der Waals surface area contributed by atoms with Crippen LogP contribution in [0.15, 0.2) is 79.1 Å². The molecule has 1 N–H and O–H groups in total. The van der Waals surface area contributed by atoms with Gasteiger partial charge in [-0.1, -0.05) is 42.5 Å². The zero-order valence-electron chi connectivity index (χ0n) is 17.4. The Hall–Kier alpha value is -4.06. The third-order valence-corrected chi connectivity index (χ3v) is 4.83. The van der Waals surface area contributed by atoms with E-state index in [2.05, 4.69) is 20.3 Å². The minimum absolute atomic E-state index is 0.0878. The van der Waals surface area contributed by atoms with Gasteiger partial charge in [0.25, 0.3) is 0 Å². The van der Waals surface area contributed by atoms with Gasteiger partial charge in [0.2, 0.25) is 11.8 Å². The maximum absolute atomic E-state index is 12.5. The molecule has 0 bridgehead atoms. The molecule has 0 fully saturated rings. The molecule has 2 heterocycles. The van der Waals surface area contributed by atoms with Crippen molar-refractivity contribution in [3.63, 3.8) is 0 Å². The first-order valence-electron chi connectivity index (χ1n) is 9.96. The highest BCUT2D eigenvalue weighted by atomic mass is 16.5. The highest BCUT2D eigenvalue weighted by Crippen LogP contribution is 2.32. The number of Topliss-reactive ketones (excluding diaryl/α,β-unsaturated/α-hetero) is 1. The molecule has 0 saturated heterocycles. The van der Waals surface area contributed by atoms with Gasteiger partial charge >= 0.3 is 0 Å². The highest BCUT2D eigenvalue weighted by Gasteiger charge is 2.13. The number of nitrogens with zero attached hydrogens (tertiary/aromatic N) is 3.